The van der Waals surface area contributed by atoms with Gasteiger partial charge >= 0.3 is 0 Å². The minimum atomic E-state index is -0.187. The van der Waals surface area contributed by atoms with Crippen LogP contribution in [0.5, 0.6) is 0 Å². The van der Waals surface area contributed by atoms with Crippen LogP contribution in [-0.4, -0.2) is 33.9 Å². The average Bonchev–Trinajstić information content (AvgIpc) is 2.90. The molecule has 7 heteroatoms. The number of nitrogens with one attached hydrogen (secondary N) is 2. The van der Waals surface area contributed by atoms with Crippen molar-refractivity contribution in [1.82, 2.24) is 15.1 Å². The lowest BCUT2D eigenvalue weighted by Crippen LogP contribution is -2.30. The Hall–Kier alpha value is -2.05. The summed E-state index contributed by atoms with van der Waals surface area (Å²) in [6.45, 7) is 0.930. The molecule has 21 heavy (non-hydrogen) atoms. The molecular formula is C14H17ClN4O2. The lowest BCUT2D eigenvalue weighted by Gasteiger charge is -2.04. The first-order chi connectivity index (χ1) is 10.2. The van der Waals surface area contributed by atoms with E-state index < -0.39 is 0 Å². The third kappa shape index (κ3) is 5.09. The zero-order chi connectivity index (χ0) is 15.1. The number of aromatic nitrogens is 2. The number of nitrogens with zero attached hydrogens (tertiary/aromatic N) is 2. The monoisotopic (exact) mass is 308 g/mol. The summed E-state index contributed by atoms with van der Waals surface area (Å²) in [5.41, 5.74) is 1.89. The predicted octanol–water partition coefficient (Wildman–Crippen LogP) is 1.26. The van der Waals surface area contributed by atoms with Gasteiger partial charge in [0.1, 0.15) is 6.54 Å². The molecule has 1 amide bonds. The summed E-state index contributed by atoms with van der Waals surface area (Å²) in [6, 6.07) is 7.59. The Morgan fingerprint density at radius 3 is 3.05 bits per heavy atom. The molecule has 1 aromatic carbocycles. The fraction of sp³-hybridized carbons (Fsp3) is 0.286. The van der Waals surface area contributed by atoms with Crippen molar-refractivity contribution in [3.8, 4) is 0 Å². The number of halogens is 1. The van der Waals surface area contributed by atoms with Crippen LogP contribution < -0.4 is 10.6 Å². The van der Waals surface area contributed by atoms with Crippen LogP contribution >= 0.6 is 11.6 Å². The molecule has 0 radical (unpaired) electrons. The average molecular weight is 309 g/mol. The van der Waals surface area contributed by atoms with Gasteiger partial charge in [0.2, 0.25) is 5.91 Å². The molecule has 0 atom stereocenters. The zero-order valence-electron chi connectivity index (χ0n) is 11.4. The number of benzene rings is 1. The Balaban J connectivity index is 1.84. The van der Waals surface area contributed by atoms with E-state index in [0.29, 0.717) is 11.6 Å². The highest BCUT2D eigenvalue weighted by Crippen LogP contribution is 2.13. The Morgan fingerprint density at radius 2 is 2.29 bits per heavy atom. The second-order valence-electron chi connectivity index (χ2n) is 4.48. The number of aliphatic hydroxyl groups is 1. The molecule has 0 fully saturated rings. The Morgan fingerprint density at radius 1 is 1.43 bits per heavy atom. The Kier molecular flexibility index (Phi) is 5.59. The maximum Gasteiger partial charge on any atom is 0.241 e. The van der Waals surface area contributed by atoms with Gasteiger partial charge in [0.25, 0.3) is 0 Å². The summed E-state index contributed by atoms with van der Waals surface area (Å²) in [6.07, 6.45) is 3.41. The van der Waals surface area contributed by atoms with Crippen molar-refractivity contribution in [1.29, 1.82) is 0 Å². The van der Waals surface area contributed by atoms with E-state index in [2.05, 4.69) is 15.7 Å². The molecule has 0 unspecified atom stereocenters. The molecule has 1 heterocycles. The molecule has 6 nitrogen and oxygen atoms in total. The lowest BCUT2D eigenvalue weighted by atomic mass is 10.2. The first-order valence-corrected chi connectivity index (χ1v) is 6.93. The van der Waals surface area contributed by atoms with Gasteiger partial charge in [-0.1, -0.05) is 23.7 Å². The number of aliphatic hydroxyl groups excluding tert-OH is 1. The van der Waals surface area contributed by atoms with E-state index in [0.717, 1.165) is 11.3 Å². The molecule has 2 rings (SSSR count). The van der Waals surface area contributed by atoms with Crippen LogP contribution in [0.1, 0.15) is 5.56 Å². The number of amides is 1. The number of hydrogen-bond acceptors (Lipinski definition) is 4. The summed E-state index contributed by atoms with van der Waals surface area (Å²) in [5, 5.41) is 19.2. The minimum absolute atomic E-state index is 0.0721. The standard InChI is InChI=1S/C14H17ClN4O2/c15-12-3-1-2-11(6-12)7-17-13-8-18-19(9-13)10-14(21)16-4-5-20/h1-3,6,8-9,17,20H,4-5,7,10H2,(H,16,21). The maximum absolute atomic E-state index is 11.5. The predicted molar refractivity (Wildman–Crippen MR) is 81.1 cm³/mol. The zero-order valence-corrected chi connectivity index (χ0v) is 12.2. The molecule has 0 bridgehead atoms. The maximum atomic E-state index is 11.5. The highest BCUT2D eigenvalue weighted by Gasteiger charge is 2.04. The smallest absolute Gasteiger partial charge is 0.241 e. The van der Waals surface area contributed by atoms with Crippen molar-refractivity contribution in [2.75, 3.05) is 18.5 Å². The number of carbonyl (C=O) groups excluding carboxylic acids is 1. The van der Waals surface area contributed by atoms with Crippen LogP contribution in [0, 0.1) is 0 Å². The van der Waals surface area contributed by atoms with Gasteiger partial charge in [0.05, 0.1) is 18.5 Å². The molecule has 2 aromatic rings. The lowest BCUT2D eigenvalue weighted by molar-refractivity contribution is -0.122. The minimum Gasteiger partial charge on any atom is -0.395 e. The summed E-state index contributed by atoms with van der Waals surface area (Å²) in [4.78, 5) is 11.5. The third-order valence-corrected chi connectivity index (χ3v) is 2.99. The third-order valence-electron chi connectivity index (χ3n) is 2.76. The largest absolute Gasteiger partial charge is 0.395 e. The van der Waals surface area contributed by atoms with Gasteiger partial charge < -0.3 is 15.7 Å². The molecular weight excluding hydrogens is 292 g/mol. The molecule has 0 saturated heterocycles. The van der Waals surface area contributed by atoms with E-state index in [1.807, 2.05) is 24.3 Å². The van der Waals surface area contributed by atoms with Gasteiger partial charge in [-0.15, -0.1) is 0 Å². The van der Waals surface area contributed by atoms with Crippen molar-refractivity contribution in [3.05, 3.63) is 47.2 Å². The van der Waals surface area contributed by atoms with Crippen LogP contribution in [-0.2, 0) is 17.9 Å². The van der Waals surface area contributed by atoms with E-state index in [-0.39, 0.29) is 25.6 Å². The summed E-state index contributed by atoms with van der Waals surface area (Å²) in [7, 11) is 0. The molecule has 3 N–H and O–H groups in total. The van der Waals surface area contributed by atoms with Gasteiger partial charge in [-0.2, -0.15) is 5.10 Å². The molecule has 0 aliphatic carbocycles. The SMILES string of the molecule is O=C(Cn1cc(NCc2cccc(Cl)c2)cn1)NCCO. The van der Waals surface area contributed by atoms with Crippen molar-refractivity contribution in [3.63, 3.8) is 0 Å². The highest BCUT2D eigenvalue weighted by atomic mass is 35.5. The van der Waals surface area contributed by atoms with E-state index in [1.54, 1.807) is 12.4 Å². The van der Waals surface area contributed by atoms with Gasteiger partial charge in [-0.3, -0.25) is 9.48 Å². The first-order valence-electron chi connectivity index (χ1n) is 6.55. The molecule has 0 spiro atoms. The normalized spacial score (nSPS) is 10.4. The quantitative estimate of drug-likeness (QED) is 0.719. The van der Waals surface area contributed by atoms with E-state index >= 15 is 0 Å². The summed E-state index contributed by atoms with van der Waals surface area (Å²) >= 11 is 5.92. The van der Waals surface area contributed by atoms with Gasteiger partial charge in [-0.25, -0.2) is 0 Å². The second kappa shape index (κ2) is 7.66. The van der Waals surface area contributed by atoms with Crippen LogP contribution in [0.4, 0.5) is 5.69 Å². The van der Waals surface area contributed by atoms with Gasteiger partial charge in [0.15, 0.2) is 0 Å². The van der Waals surface area contributed by atoms with Crippen LogP contribution in [0.2, 0.25) is 5.02 Å². The molecule has 0 aliphatic heterocycles. The fourth-order valence-electron chi connectivity index (χ4n) is 1.79. The number of hydrogen-bond donors (Lipinski definition) is 3. The van der Waals surface area contributed by atoms with Crippen molar-refractivity contribution < 1.29 is 9.90 Å². The van der Waals surface area contributed by atoms with Crippen LogP contribution in [0.25, 0.3) is 0 Å². The molecule has 0 saturated carbocycles. The van der Waals surface area contributed by atoms with E-state index in [4.69, 9.17) is 16.7 Å². The second-order valence-corrected chi connectivity index (χ2v) is 4.92. The number of anilines is 1. The Bertz CT molecular complexity index is 600. The summed E-state index contributed by atoms with van der Waals surface area (Å²) < 4.78 is 1.53. The first kappa shape index (κ1) is 15.3. The highest BCUT2D eigenvalue weighted by molar-refractivity contribution is 6.30. The van der Waals surface area contributed by atoms with Crippen LogP contribution in [0.15, 0.2) is 36.7 Å². The van der Waals surface area contributed by atoms with Crippen molar-refractivity contribution >= 4 is 23.2 Å². The molecule has 1 aromatic heterocycles. The van der Waals surface area contributed by atoms with E-state index in [9.17, 15) is 4.79 Å². The fourth-order valence-corrected chi connectivity index (χ4v) is 2.00. The number of rotatable bonds is 7. The van der Waals surface area contributed by atoms with Gasteiger partial charge in [-0.05, 0) is 17.7 Å². The topological polar surface area (TPSA) is 79.2 Å². The van der Waals surface area contributed by atoms with Gasteiger partial charge in [0, 0.05) is 24.3 Å². The van der Waals surface area contributed by atoms with Crippen LogP contribution in [0.3, 0.4) is 0 Å². The Labute approximate surface area is 127 Å². The molecule has 112 valence electrons. The molecule has 0 aliphatic rings. The number of carbonyl (C=O) groups is 1. The summed E-state index contributed by atoms with van der Waals surface area (Å²) in [5.74, 6) is -0.187. The van der Waals surface area contributed by atoms with Crippen molar-refractivity contribution in [2.24, 2.45) is 0 Å². The van der Waals surface area contributed by atoms with Crippen molar-refractivity contribution in [2.45, 2.75) is 13.1 Å². The van der Waals surface area contributed by atoms with E-state index in [1.165, 1.54) is 4.68 Å².